The van der Waals surface area contributed by atoms with Gasteiger partial charge >= 0.3 is 0 Å². The minimum absolute atomic E-state index is 0.394. The van der Waals surface area contributed by atoms with Crippen LogP contribution in [0.4, 0.5) is 0 Å². The van der Waals surface area contributed by atoms with Crippen LogP contribution in [0.15, 0.2) is 34.8 Å². The zero-order valence-electron chi connectivity index (χ0n) is 8.73. The first-order chi connectivity index (χ1) is 6.63. The topological polar surface area (TPSA) is 20.3 Å². The first-order valence-electron chi connectivity index (χ1n) is 4.54. The molecule has 0 aromatic heterocycles. The lowest BCUT2D eigenvalue weighted by atomic mass is 10.1. The summed E-state index contributed by atoms with van der Waals surface area (Å²) in [5.74, 6) is 0.394. The Balaban J connectivity index is 2.94. The van der Waals surface area contributed by atoms with Gasteiger partial charge in [-0.3, -0.25) is 9.10 Å². The Hall–Kier alpha value is -0.800. The molecule has 0 bridgehead atoms. The van der Waals surface area contributed by atoms with Crippen LogP contribution in [-0.2, 0) is 4.79 Å². The zero-order valence-corrected chi connectivity index (χ0v) is 9.54. The van der Waals surface area contributed by atoms with E-state index in [9.17, 15) is 4.79 Å². The summed E-state index contributed by atoms with van der Waals surface area (Å²) in [4.78, 5) is 11.8. The molecule has 76 valence electrons. The lowest BCUT2D eigenvalue weighted by Crippen LogP contribution is -2.00. The van der Waals surface area contributed by atoms with E-state index in [0.717, 1.165) is 16.8 Å². The van der Waals surface area contributed by atoms with Crippen molar-refractivity contribution in [2.45, 2.75) is 6.92 Å². The number of carbonyl (C=O) groups excluding carboxylic acids is 1. The van der Waals surface area contributed by atoms with Gasteiger partial charge in [-0.15, -0.1) is 0 Å². The molecule has 1 aliphatic rings. The highest BCUT2D eigenvalue weighted by Crippen LogP contribution is 2.25. The third-order valence-corrected chi connectivity index (χ3v) is 2.76. The van der Waals surface area contributed by atoms with E-state index >= 15 is 0 Å². The van der Waals surface area contributed by atoms with Gasteiger partial charge in [0.15, 0.2) is 6.29 Å². The molecule has 0 aromatic rings. The van der Waals surface area contributed by atoms with Gasteiger partial charge in [0.25, 0.3) is 0 Å². The monoisotopic (exact) mass is 209 g/mol. The fourth-order valence-electron chi connectivity index (χ4n) is 1.11. The van der Waals surface area contributed by atoms with E-state index in [1.54, 1.807) is 11.9 Å². The van der Waals surface area contributed by atoms with Gasteiger partial charge in [-0.2, -0.15) is 0 Å². The summed E-state index contributed by atoms with van der Waals surface area (Å²) in [6, 6.07) is 0. The highest BCUT2D eigenvalue weighted by Gasteiger charge is 2.07. The second-order valence-electron chi connectivity index (χ2n) is 3.42. The first kappa shape index (κ1) is 11.3. The highest BCUT2D eigenvalue weighted by molar-refractivity contribution is 8.01. The number of carbonyl (C=O) groups is 1. The Morgan fingerprint density at radius 1 is 1.36 bits per heavy atom. The zero-order chi connectivity index (χ0) is 10.6. The molecule has 0 saturated heterocycles. The molecular weight excluding hydrogens is 194 g/mol. The van der Waals surface area contributed by atoms with Gasteiger partial charge in [-0.25, -0.2) is 0 Å². The van der Waals surface area contributed by atoms with Crippen LogP contribution in [0, 0.1) is 5.92 Å². The molecule has 1 unspecified atom stereocenters. The molecule has 0 aliphatic heterocycles. The SMILES string of the molecule is CC1C=CC(C=O)=C(SN(C)C)C=C1. The number of nitrogens with zero attached hydrogens (tertiary/aromatic N) is 1. The molecule has 3 heteroatoms. The van der Waals surface area contributed by atoms with Crippen LogP contribution in [-0.4, -0.2) is 24.7 Å². The Morgan fingerprint density at radius 3 is 2.57 bits per heavy atom. The van der Waals surface area contributed by atoms with Crippen LogP contribution in [0.2, 0.25) is 0 Å². The minimum atomic E-state index is 0.394. The normalized spacial score (nSPS) is 21.6. The van der Waals surface area contributed by atoms with Crippen LogP contribution in [0.25, 0.3) is 0 Å². The van der Waals surface area contributed by atoms with Gasteiger partial charge in [-0.05, 0) is 38.0 Å². The number of hydrogen-bond donors (Lipinski definition) is 0. The average molecular weight is 209 g/mol. The van der Waals surface area contributed by atoms with E-state index in [0.29, 0.717) is 5.92 Å². The standard InChI is InChI=1S/C11H15NOS/c1-9-4-6-10(8-13)11(7-5-9)14-12(2)3/h4-9H,1-3H3. The van der Waals surface area contributed by atoms with E-state index in [-0.39, 0.29) is 0 Å². The molecule has 1 atom stereocenters. The van der Waals surface area contributed by atoms with Crippen molar-refractivity contribution in [3.8, 4) is 0 Å². The fourth-order valence-corrected chi connectivity index (χ4v) is 1.87. The molecule has 0 amide bonds. The second-order valence-corrected chi connectivity index (χ2v) is 4.77. The molecule has 0 fully saturated rings. The predicted octanol–water partition coefficient (Wildman–Crippen LogP) is 2.41. The number of rotatable bonds is 3. The summed E-state index contributed by atoms with van der Waals surface area (Å²) in [6.45, 7) is 2.10. The molecule has 0 heterocycles. The van der Waals surface area contributed by atoms with Crippen molar-refractivity contribution in [3.63, 3.8) is 0 Å². The summed E-state index contributed by atoms with van der Waals surface area (Å²) in [5, 5.41) is 0. The quantitative estimate of drug-likeness (QED) is 0.526. The predicted molar refractivity (Wildman–Crippen MR) is 61.8 cm³/mol. The van der Waals surface area contributed by atoms with E-state index in [1.807, 2.05) is 36.6 Å². The molecule has 0 aromatic carbocycles. The van der Waals surface area contributed by atoms with Crippen molar-refractivity contribution in [1.29, 1.82) is 0 Å². The van der Waals surface area contributed by atoms with E-state index < -0.39 is 0 Å². The van der Waals surface area contributed by atoms with Gasteiger partial charge < -0.3 is 0 Å². The largest absolute Gasteiger partial charge is 0.298 e. The summed E-state index contributed by atoms with van der Waals surface area (Å²) < 4.78 is 1.98. The Kier molecular flexibility index (Phi) is 4.17. The van der Waals surface area contributed by atoms with Crippen LogP contribution in [0.5, 0.6) is 0 Å². The van der Waals surface area contributed by atoms with Crippen molar-refractivity contribution in [1.82, 2.24) is 4.31 Å². The molecule has 2 nitrogen and oxygen atoms in total. The highest BCUT2D eigenvalue weighted by atomic mass is 32.2. The summed E-state index contributed by atoms with van der Waals surface area (Å²) in [6.07, 6.45) is 8.94. The van der Waals surface area contributed by atoms with Gasteiger partial charge in [-0.1, -0.05) is 25.2 Å². The van der Waals surface area contributed by atoms with Gasteiger partial charge in [0.1, 0.15) is 0 Å². The average Bonchev–Trinajstić information content (AvgIpc) is 2.28. The minimum Gasteiger partial charge on any atom is -0.298 e. The Morgan fingerprint density at radius 2 is 2.00 bits per heavy atom. The maximum Gasteiger partial charge on any atom is 0.151 e. The van der Waals surface area contributed by atoms with Gasteiger partial charge in [0.05, 0.1) is 0 Å². The number of aldehydes is 1. The molecule has 1 aliphatic carbocycles. The Bertz CT molecular complexity index is 302. The summed E-state index contributed by atoms with van der Waals surface area (Å²) in [5.41, 5.74) is 0.754. The molecule has 0 N–H and O–H groups in total. The fraction of sp³-hybridized carbons (Fsp3) is 0.364. The maximum absolute atomic E-state index is 10.8. The molecule has 14 heavy (non-hydrogen) atoms. The smallest absolute Gasteiger partial charge is 0.151 e. The van der Waals surface area contributed by atoms with Crippen LogP contribution in [0.1, 0.15) is 6.92 Å². The molecule has 0 spiro atoms. The maximum atomic E-state index is 10.8. The van der Waals surface area contributed by atoms with Gasteiger partial charge in [0, 0.05) is 10.5 Å². The van der Waals surface area contributed by atoms with Crippen molar-refractivity contribution >= 4 is 18.2 Å². The van der Waals surface area contributed by atoms with Crippen molar-refractivity contribution in [3.05, 3.63) is 34.8 Å². The Labute approximate surface area is 89.5 Å². The van der Waals surface area contributed by atoms with Crippen LogP contribution >= 0.6 is 11.9 Å². The lowest BCUT2D eigenvalue weighted by molar-refractivity contribution is -0.104. The summed E-state index contributed by atoms with van der Waals surface area (Å²) in [7, 11) is 3.93. The van der Waals surface area contributed by atoms with Gasteiger partial charge in [0.2, 0.25) is 0 Å². The third-order valence-electron chi connectivity index (χ3n) is 1.82. The summed E-state index contributed by atoms with van der Waals surface area (Å²) >= 11 is 1.57. The lowest BCUT2D eigenvalue weighted by Gasteiger charge is -2.09. The van der Waals surface area contributed by atoms with E-state index in [2.05, 4.69) is 13.0 Å². The van der Waals surface area contributed by atoms with Crippen LogP contribution in [0.3, 0.4) is 0 Å². The van der Waals surface area contributed by atoms with Crippen molar-refractivity contribution in [2.75, 3.05) is 14.1 Å². The number of allylic oxidation sites excluding steroid dienone is 5. The first-order valence-corrected chi connectivity index (χ1v) is 5.32. The second kappa shape index (κ2) is 5.17. The van der Waals surface area contributed by atoms with Crippen LogP contribution < -0.4 is 0 Å². The molecule has 0 radical (unpaired) electrons. The molecule has 1 rings (SSSR count). The van der Waals surface area contributed by atoms with Crippen molar-refractivity contribution in [2.24, 2.45) is 5.92 Å². The number of hydrogen-bond acceptors (Lipinski definition) is 3. The third kappa shape index (κ3) is 3.16. The van der Waals surface area contributed by atoms with E-state index in [1.165, 1.54) is 0 Å². The van der Waals surface area contributed by atoms with Crippen molar-refractivity contribution < 1.29 is 4.79 Å². The molecular formula is C11H15NOS. The van der Waals surface area contributed by atoms with E-state index in [4.69, 9.17) is 0 Å². The molecule has 0 saturated carbocycles.